The van der Waals surface area contributed by atoms with Crippen molar-refractivity contribution in [1.29, 1.82) is 0 Å². The molecule has 5 heteroatoms. The van der Waals surface area contributed by atoms with Gasteiger partial charge in [-0.25, -0.2) is 0 Å². The third kappa shape index (κ3) is 3.60. The Morgan fingerprint density at radius 1 is 1.50 bits per heavy atom. The lowest BCUT2D eigenvalue weighted by molar-refractivity contribution is -0.123. The van der Waals surface area contributed by atoms with Crippen LogP contribution >= 0.6 is 0 Å². The minimum atomic E-state index is -0.896. The van der Waals surface area contributed by atoms with Crippen LogP contribution in [-0.4, -0.2) is 34.2 Å². The van der Waals surface area contributed by atoms with E-state index in [-0.39, 0.29) is 23.9 Å². The topological polar surface area (TPSA) is 58.2 Å². The van der Waals surface area contributed by atoms with Gasteiger partial charge in [0.2, 0.25) is 5.91 Å². The molecule has 1 aromatic carbocycles. The van der Waals surface area contributed by atoms with E-state index in [9.17, 15) is 9.00 Å². The molecule has 0 bridgehead atoms. The molecule has 1 heterocycles. The highest BCUT2D eigenvalue weighted by molar-refractivity contribution is 7.84. The lowest BCUT2D eigenvalue weighted by atomic mass is 9.86. The first-order valence-electron chi connectivity index (χ1n) is 6.93. The summed E-state index contributed by atoms with van der Waals surface area (Å²) in [7, 11) is -0.896. The van der Waals surface area contributed by atoms with Crippen molar-refractivity contribution in [2.75, 3.05) is 17.3 Å². The van der Waals surface area contributed by atoms with Gasteiger partial charge in [-0.3, -0.25) is 9.00 Å². The number of carbonyl (C=O) groups excluding carboxylic acids is 1. The molecule has 1 aliphatic heterocycles. The normalized spacial score (nSPS) is 24.1. The second kappa shape index (κ2) is 6.39. The first-order chi connectivity index (χ1) is 9.47. The molecule has 0 aromatic heterocycles. The number of benzene rings is 1. The van der Waals surface area contributed by atoms with Gasteiger partial charge in [-0.15, -0.1) is 0 Å². The van der Waals surface area contributed by atoms with Crippen LogP contribution in [0.25, 0.3) is 0 Å². The van der Waals surface area contributed by atoms with Crippen LogP contribution in [0.5, 0.6) is 0 Å². The molecule has 1 aliphatic rings. The van der Waals surface area contributed by atoms with E-state index >= 15 is 0 Å². The van der Waals surface area contributed by atoms with Gasteiger partial charge < -0.3 is 10.6 Å². The van der Waals surface area contributed by atoms with Crippen LogP contribution in [0.4, 0.5) is 5.69 Å². The average molecular weight is 294 g/mol. The quantitative estimate of drug-likeness (QED) is 0.891. The van der Waals surface area contributed by atoms with Crippen LogP contribution in [0.3, 0.4) is 0 Å². The van der Waals surface area contributed by atoms with E-state index in [0.717, 1.165) is 17.7 Å². The number of hydrogen-bond donors (Lipinski definition) is 2. The van der Waals surface area contributed by atoms with E-state index in [2.05, 4.69) is 17.6 Å². The first-order valence-corrected chi connectivity index (χ1v) is 8.66. The van der Waals surface area contributed by atoms with E-state index in [1.165, 1.54) is 0 Å². The summed E-state index contributed by atoms with van der Waals surface area (Å²) in [6.45, 7) is 3.98. The minimum absolute atomic E-state index is 0.0312. The molecule has 0 saturated heterocycles. The van der Waals surface area contributed by atoms with Gasteiger partial charge in [0.25, 0.3) is 0 Å². The van der Waals surface area contributed by atoms with Crippen LogP contribution in [0.15, 0.2) is 24.3 Å². The summed E-state index contributed by atoms with van der Waals surface area (Å²) in [5.74, 6) is 0.396. The Labute approximate surface area is 122 Å². The molecule has 4 atom stereocenters. The Morgan fingerprint density at radius 2 is 2.20 bits per heavy atom. The standard InChI is InChI=1S/C15H22N2O2S/c1-10-8-13(12-6-4-5-7-14(12)16-10)15(18)17-11(2)9-20(3)19/h4-7,10-11,13,16H,8-9H2,1-3H3,(H,17,18). The number of hydrogen-bond acceptors (Lipinski definition) is 3. The smallest absolute Gasteiger partial charge is 0.227 e. The second-order valence-corrected chi connectivity index (χ2v) is 7.05. The second-order valence-electron chi connectivity index (χ2n) is 5.57. The van der Waals surface area contributed by atoms with Crippen molar-refractivity contribution in [3.63, 3.8) is 0 Å². The molecule has 0 fully saturated rings. The molecule has 110 valence electrons. The molecule has 0 aliphatic carbocycles. The zero-order chi connectivity index (χ0) is 14.7. The monoisotopic (exact) mass is 294 g/mol. The zero-order valence-corrected chi connectivity index (χ0v) is 13.0. The molecule has 2 rings (SSSR count). The van der Waals surface area contributed by atoms with Gasteiger partial charge in [-0.2, -0.15) is 0 Å². The Morgan fingerprint density at radius 3 is 2.90 bits per heavy atom. The van der Waals surface area contributed by atoms with Gasteiger partial charge in [-0.05, 0) is 31.9 Å². The van der Waals surface area contributed by atoms with Crippen LogP contribution in [0, 0.1) is 0 Å². The average Bonchev–Trinajstić information content (AvgIpc) is 2.36. The number of fused-ring (bicyclic) bond motifs is 1. The van der Waals surface area contributed by atoms with Gasteiger partial charge in [-0.1, -0.05) is 18.2 Å². The van der Waals surface area contributed by atoms with Crippen molar-refractivity contribution in [2.24, 2.45) is 0 Å². The molecule has 1 aromatic rings. The van der Waals surface area contributed by atoms with Crippen molar-refractivity contribution in [2.45, 2.75) is 38.3 Å². The third-order valence-corrected chi connectivity index (χ3v) is 4.49. The van der Waals surface area contributed by atoms with Crippen molar-refractivity contribution in [1.82, 2.24) is 5.32 Å². The van der Waals surface area contributed by atoms with E-state index in [0.29, 0.717) is 5.75 Å². The Kier molecular flexibility index (Phi) is 4.81. The van der Waals surface area contributed by atoms with Crippen LogP contribution in [0.2, 0.25) is 0 Å². The Bertz CT molecular complexity index is 518. The summed E-state index contributed by atoms with van der Waals surface area (Å²) in [6.07, 6.45) is 2.44. The molecule has 4 unspecified atom stereocenters. The highest BCUT2D eigenvalue weighted by atomic mass is 32.2. The van der Waals surface area contributed by atoms with Gasteiger partial charge in [0.05, 0.1) is 5.92 Å². The number of anilines is 1. The SMILES string of the molecule is CC(CS(C)=O)NC(=O)C1CC(C)Nc2ccccc21. The van der Waals surface area contributed by atoms with Gasteiger partial charge in [0.1, 0.15) is 0 Å². The molecule has 0 spiro atoms. The fraction of sp³-hybridized carbons (Fsp3) is 0.533. The summed E-state index contributed by atoms with van der Waals surface area (Å²) in [4.78, 5) is 12.5. The van der Waals surface area contributed by atoms with Crippen LogP contribution in [0.1, 0.15) is 31.7 Å². The van der Waals surface area contributed by atoms with Gasteiger partial charge in [0.15, 0.2) is 0 Å². The highest BCUT2D eigenvalue weighted by Crippen LogP contribution is 2.34. The van der Waals surface area contributed by atoms with Crippen molar-refractivity contribution in [3.05, 3.63) is 29.8 Å². The number of amides is 1. The number of para-hydroxylation sites is 1. The molecule has 20 heavy (non-hydrogen) atoms. The molecule has 1 amide bonds. The van der Waals surface area contributed by atoms with E-state index in [4.69, 9.17) is 0 Å². The third-order valence-electron chi connectivity index (χ3n) is 3.52. The lowest BCUT2D eigenvalue weighted by Crippen LogP contribution is -2.41. The molecule has 0 saturated carbocycles. The maximum Gasteiger partial charge on any atom is 0.227 e. The molecular formula is C15H22N2O2S. The summed E-state index contributed by atoms with van der Waals surface area (Å²) in [6, 6.07) is 8.15. The first kappa shape index (κ1) is 15.0. The van der Waals surface area contributed by atoms with Gasteiger partial charge >= 0.3 is 0 Å². The van der Waals surface area contributed by atoms with Crippen molar-refractivity contribution >= 4 is 22.4 Å². The lowest BCUT2D eigenvalue weighted by Gasteiger charge is -2.31. The minimum Gasteiger partial charge on any atom is -0.382 e. The van der Waals surface area contributed by atoms with Gasteiger partial charge in [0, 0.05) is 40.6 Å². The molecular weight excluding hydrogens is 272 g/mol. The summed E-state index contributed by atoms with van der Waals surface area (Å²) < 4.78 is 11.2. The largest absolute Gasteiger partial charge is 0.382 e. The number of carbonyl (C=O) groups is 1. The number of nitrogens with one attached hydrogen (secondary N) is 2. The predicted octanol–water partition coefficient (Wildman–Crippen LogP) is 1.86. The van der Waals surface area contributed by atoms with Crippen molar-refractivity contribution in [3.8, 4) is 0 Å². The van der Waals surface area contributed by atoms with E-state index in [1.54, 1.807) is 6.26 Å². The molecule has 2 N–H and O–H groups in total. The summed E-state index contributed by atoms with van der Waals surface area (Å²) in [5.41, 5.74) is 2.09. The maximum absolute atomic E-state index is 12.5. The van der Waals surface area contributed by atoms with Crippen LogP contribution < -0.4 is 10.6 Å². The maximum atomic E-state index is 12.5. The Hall–Kier alpha value is -1.36. The zero-order valence-electron chi connectivity index (χ0n) is 12.2. The summed E-state index contributed by atoms with van der Waals surface area (Å²) in [5, 5.41) is 6.38. The molecule has 0 radical (unpaired) electrons. The van der Waals surface area contributed by atoms with E-state index < -0.39 is 10.8 Å². The van der Waals surface area contributed by atoms with E-state index in [1.807, 2.05) is 31.2 Å². The highest BCUT2D eigenvalue weighted by Gasteiger charge is 2.30. The van der Waals surface area contributed by atoms with Crippen LogP contribution in [-0.2, 0) is 15.6 Å². The molecule has 4 nitrogen and oxygen atoms in total. The number of rotatable bonds is 4. The van der Waals surface area contributed by atoms with Crippen molar-refractivity contribution < 1.29 is 9.00 Å². The predicted molar refractivity (Wildman–Crippen MR) is 83.4 cm³/mol. The Balaban J connectivity index is 2.12. The summed E-state index contributed by atoms with van der Waals surface area (Å²) >= 11 is 0. The fourth-order valence-electron chi connectivity index (χ4n) is 2.72. The fourth-order valence-corrected chi connectivity index (χ4v) is 3.51.